The van der Waals surface area contributed by atoms with E-state index in [9.17, 15) is 4.79 Å². The van der Waals surface area contributed by atoms with Crippen LogP contribution in [0, 0.1) is 5.92 Å². The van der Waals surface area contributed by atoms with Crippen LogP contribution in [-0.2, 0) is 9.53 Å². The number of hydrogen-bond donors (Lipinski definition) is 0. The smallest absolute Gasteiger partial charge is 0.317 e. The van der Waals surface area contributed by atoms with Gasteiger partial charge in [-0.15, -0.1) is 11.8 Å². The Kier molecular flexibility index (Phi) is 2.07. The molecule has 0 aromatic carbocycles. The molecule has 0 radical (unpaired) electrons. The minimum Gasteiger partial charge on any atom is -0.447 e. The van der Waals surface area contributed by atoms with Crippen LogP contribution in [0.3, 0.4) is 0 Å². The molecule has 2 rings (SSSR count). The molecule has 0 aromatic rings. The summed E-state index contributed by atoms with van der Waals surface area (Å²) in [4.78, 5) is 10.9. The molecular formula is C9H14O2S. The molecule has 3 heteroatoms. The molecule has 2 nitrogen and oxygen atoms in total. The zero-order valence-electron chi connectivity index (χ0n) is 7.34. The largest absolute Gasteiger partial charge is 0.447 e. The van der Waals surface area contributed by atoms with Gasteiger partial charge in [0.25, 0.3) is 0 Å². The fourth-order valence-electron chi connectivity index (χ4n) is 2.14. The van der Waals surface area contributed by atoms with Gasteiger partial charge in [0, 0.05) is 0 Å². The van der Waals surface area contributed by atoms with E-state index in [4.69, 9.17) is 4.74 Å². The van der Waals surface area contributed by atoms with E-state index in [-0.39, 0.29) is 10.9 Å². The SMILES string of the molecule is CC1CCCC2(C1)OC(=O)CS2. The van der Waals surface area contributed by atoms with E-state index in [0.717, 1.165) is 18.8 Å². The Balaban J connectivity index is 2.05. The third-order valence-electron chi connectivity index (χ3n) is 2.67. The van der Waals surface area contributed by atoms with Crippen LogP contribution in [0.4, 0.5) is 0 Å². The Labute approximate surface area is 77.0 Å². The molecule has 0 aromatic heterocycles. The highest BCUT2D eigenvalue weighted by molar-refractivity contribution is 8.01. The molecule has 0 N–H and O–H groups in total. The van der Waals surface area contributed by atoms with Gasteiger partial charge in [0.1, 0.15) is 0 Å². The van der Waals surface area contributed by atoms with E-state index in [0.29, 0.717) is 5.75 Å². The third kappa shape index (κ3) is 1.47. The molecule has 2 fully saturated rings. The van der Waals surface area contributed by atoms with Crippen molar-refractivity contribution in [3.8, 4) is 0 Å². The first-order valence-electron chi connectivity index (χ1n) is 4.56. The number of ether oxygens (including phenoxy) is 1. The minimum atomic E-state index is -0.116. The summed E-state index contributed by atoms with van der Waals surface area (Å²) in [5.74, 6) is 1.26. The van der Waals surface area contributed by atoms with Crippen molar-refractivity contribution in [2.75, 3.05) is 5.75 Å². The third-order valence-corrected chi connectivity index (χ3v) is 4.03. The van der Waals surface area contributed by atoms with Crippen LogP contribution >= 0.6 is 11.8 Å². The fourth-order valence-corrected chi connectivity index (χ4v) is 3.42. The lowest BCUT2D eigenvalue weighted by molar-refractivity contribution is -0.148. The Morgan fingerprint density at radius 2 is 2.50 bits per heavy atom. The quantitative estimate of drug-likeness (QED) is 0.542. The summed E-state index contributed by atoms with van der Waals surface area (Å²) in [6.45, 7) is 2.24. The molecule has 1 aliphatic heterocycles. The second-order valence-electron chi connectivity index (χ2n) is 3.87. The van der Waals surface area contributed by atoms with Crippen molar-refractivity contribution >= 4 is 17.7 Å². The van der Waals surface area contributed by atoms with E-state index in [1.165, 1.54) is 12.8 Å². The lowest BCUT2D eigenvalue weighted by atomic mass is 9.88. The van der Waals surface area contributed by atoms with Crippen LogP contribution in [0.25, 0.3) is 0 Å². The molecule has 0 amide bonds. The Bertz CT molecular complexity index is 205. The maximum Gasteiger partial charge on any atom is 0.317 e. The van der Waals surface area contributed by atoms with E-state index < -0.39 is 0 Å². The van der Waals surface area contributed by atoms with Crippen molar-refractivity contribution in [1.29, 1.82) is 0 Å². The van der Waals surface area contributed by atoms with Gasteiger partial charge in [-0.1, -0.05) is 13.3 Å². The molecule has 1 aliphatic carbocycles. The summed E-state index contributed by atoms with van der Waals surface area (Å²) in [6, 6.07) is 0. The van der Waals surface area contributed by atoms with E-state index >= 15 is 0 Å². The van der Waals surface area contributed by atoms with Crippen molar-refractivity contribution in [2.45, 2.75) is 37.5 Å². The zero-order valence-corrected chi connectivity index (χ0v) is 8.15. The summed E-state index contributed by atoms with van der Waals surface area (Å²) in [5, 5.41) is 0. The predicted molar refractivity (Wildman–Crippen MR) is 48.9 cm³/mol. The van der Waals surface area contributed by atoms with Gasteiger partial charge >= 0.3 is 5.97 Å². The lowest BCUT2D eigenvalue weighted by Crippen LogP contribution is -2.31. The van der Waals surface area contributed by atoms with Crippen molar-refractivity contribution < 1.29 is 9.53 Å². The van der Waals surface area contributed by atoms with Gasteiger partial charge in [0.15, 0.2) is 4.93 Å². The zero-order chi connectivity index (χ0) is 8.60. The monoisotopic (exact) mass is 186 g/mol. The van der Waals surface area contributed by atoms with Crippen molar-refractivity contribution in [2.24, 2.45) is 5.92 Å². The molecule has 2 atom stereocenters. The maximum absolute atomic E-state index is 11.0. The highest BCUT2D eigenvalue weighted by Gasteiger charge is 2.43. The second-order valence-corrected chi connectivity index (χ2v) is 5.20. The Morgan fingerprint density at radius 3 is 3.08 bits per heavy atom. The molecule has 1 saturated carbocycles. The van der Waals surface area contributed by atoms with Gasteiger partial charge in [0.05, 0.1) is 5.75 Å². The van der Waals surface area contributed by atoms with E-state index in [1.54, 1.807) is 11.8 Å². The first kappa shape index (κ1) is 8.42. The normalized spacial score (nSPS) is 41.8. The molecule has 1 heterocycles. The molecule has 1 saturated heterocycles. The van der Waals surface area contributed by atoms with Crippen LogP contribution in [0.2, 0.25) is 0 Å². The number of carbonyl (C=O) groups excluding carboxylic acids is 1. The van der Waals surface area contributed by atoms with Crippen molar-refractivity contribution in [1.82, 2.24) is 0 Å². The minimum absolute atomic E-state index is 0.0194. The van der Waals surface area contributed by atoms with Crippen LogP contribution in [0.1, 0.15) is 32.6 Å². The van der Waals surface area contributed by atoms with E-state index in [1.807, 2.05) is 0 Å². The van der Waals surface area contributed by atoms with Gasteiger partial charge in [-0.25, -0.2) is 0 Å². The molecular weight excluding hydrogens is 172 g/mol. The van der Waals surface area contributed by atoms with Crippen LogP contribution in [0.15, 0.2) is 0 Å². The molecule has 12 heavy (non-hydrogen) atoms. The van der Waals surface area contributed by atoms with Crippen molar-refractivity contribution in [3.05, 3.63) is 0 Å². The highest BCUT2D eigenvalue weighted by Crippen LogP contribution is 2.46. The highest BCUT2D eigenvalue weighted by atomic mass is 32.2. The number of rotatable bonds is 0. The molecule has 68 valence electrons. The number of carbonyl (C=O) groups is 1. The van der Waals surface area contributed by atoms with Gasteiger partial charge in [-0.2, -0.15) is 0 Å². The Morgan fingerprint density at radius 1 is 1.67 bits per heavy atom. The van der Waals surface area contributed by atoms with Gasteiger partial charge < -0.3 is 4.74 Å². The lowest BCUT2D eigenvalue weighted by Gasteiger charge is -2.34. The van der Waals surface area contributed by atoms with E-state index in [2.05, 4.69) is 6.92 Å². The molecule has 0 bridgehead atoms. The molecule has 2 unspecified atom stereocenters. The summed E-state index contributed by atoms with van der Waals surface area (Å²) in [5.41, 5.74) is 0. The Hall–Kier alpha value is -0.180. The maximum atomic E-state index is 11.0. The topological polar surface area (TPSA) is 26.3 Å². The summed E-state index contributed by atoms with van der Waals surface area (Å²) in [7, 11) is 0. The molecule has 2 aliphatic rings. The molecule has 1 spiro atoms. The average Bonchev–Trinajstić information content (AvgIpc) is 2.32. The predicted octanol–water partition coefficient (Wildman–Crippen LogP) is 2.18. The van der Waals surface area contributed by atoms with Gasteiger partial charge in [-0.3, -0.25) is 4.79 Å². The van der Waals surface area contributed by atoms with Crippen LogP contribution < -0.4 is 0 Å². The van der Waals surface area contributed by atoms with Crippen molar-refractivity contribution in [3.63, 3.8) is 0 Å². The first-order valence-corrected chi connectivity index (χ1v) is 5.55. The summed E-state index contributed by atoms with van der Waals surface area (Å²) in [6.07, 6.45) is 4.62. The van der Waals surface area contributed by atoms with Gasteiger partial charge in [0.2, 0.25) is 0 Å². The summed E-state index contributed by atoms with van der Waals surface area (Å²) >= 11 is 1.71. The number of hydrogen-bond acceptors (Lipinski definition) is 3. The average molecular weight is 186 g/mol. The first-order chi connectivity index (χ1) is 5.70. The summed E-state index contributed by atoms with van der Waals surface area (Å²) < 4.78 is 5.38. The van der Waals surface area contributed by atoms with Crippen LogP contribution in [-0.4, -0.2) is 16.7 Å². The standard InChI is InChI=1S/C9H14O2S/c1-7-3-2-4-9(5-7)11-8(10)6-12-9/h7H,2-6H2,1H3. The van der Waals surface area contributed by atoms with Gasteiger partial charge in [-0.05, 0) is 25.2 Å². The second kappa shape index (κ2) is 2.95. The number of thioether (sulfide) groups is 1. The van der Waals surface area contributed by atoms with Crippen LogP contribution in [0.5, 0.6) is 0 Å². The fraction of sp³-hybridized carbons (Fsp3) is 0.889. The number of esters is 1.